The van der Waals surface area contributed by atoms with Crippen LogP contribution in [0.4, 0.5) is 11.4 Å². The summed E-state index contributed by atoms with van der Waals surface area (Å²) in [7, 11) is -7.25. The van der Waals surface area contributed by atoms with Crippen LogP contribution in [0.15, 0.2) is 44.3 Å². The van der Waals surface area contributed by atoms with Crippen LogP contribution in [-0.4, -0.2) is 67.0 Å². The van der Waals surface area contributed by atoms with Crippen LogP contribution < -0.4 is 4.90 Å². The molecule has 0 fully saturated rings. The largest absolute Gasteiger partial charge is 0.506 e. The summed E-state index contributed by atoms with van der Waals surface area (Å²) < 4.78 is 55.5. The first kappa shape index (κ1) is 31.1. The average molecular weight is 685 g/mol. The number of aliphatic imine (C=N–C) groups is 1. The van der Waals surface area contributed by atoms with Crippen molar-refractivity contribution in [3.8, 4) is 5.75 Å². The fourth-order valence-corrected chi connectivity index (χ4v) is 4.70. The molecule has 0 aromatic heterocycles. The van der Waals surface area contributed by atoms with E-state index in [1.807, 2.05) is 0 Å². The molecule has 0 bridgehead atoms. The summed E-state index contributed by atoms with van der Waals surface area (Å²) in [5.41, 5.74) is 1.80. The number of benzene rings is 2. The van der Waals surface area contributed by atoms with Crippen LogP contribution >= 0.6 is 55.9 Å². The smallest absolute Gasteiger partial charge is 0.264 e. The summed E-state index contributed by atoms with van der Waals surface area (Å²) in [6, 6.07) is 8.38. The summed E-state index contributed by atoms with van der Waals surface area (Å²) in [6.07, 6.45) is 3.45. The van der Waals surface area contributed by atoms with E-state index in [-0.39, 0.29) is 44.5 Å². The third-order valence-corrected chi connectivity index (χ3v) is 6.75. The van der Waals surface area contributed by atoms with Crippen molar-refractivity contribution in [1.82, 2.24) is 0 Å². The van der Waals surface area contributed by atoms with Crippen LogP contribution in [0.25, 0.3) is 0 Å². The summed E-state index contributed by atoms with van der Waals surface area (Å²) in [5, 5.41) is 10.2. The van der Waals surface area contributed by atoms with Gasteiger partial charge in [0.1, 0.15) is 5.75 Å². The molecule has 2 aromatic rings. The van der Waals surface area contributed by atoms with Gasteiger partial charge in [-0.05, 0) is 62.2 Å². The summed E-state index contributed by atoms with van der Waals surface area (Å²) in [5.74, 6) is 0.0659. The number of anilines is 1. The molecule has 0 radical (unpaired) electrons. The normalized spacial score (nSPS) is 12.0. The van der Waals surface area contributed by atoms with Crippen molar-refractivity contribution in [2.75, 3.05) is 43.7 Å². The molecule has 0 spiro atoms. The number of halogens is 4. The number of hydrogen-bond donors (Lipinski definition) is 1. The monoisotopic (exact) mass is 682 g/mol. The molecule has 0 amide bonds. The molecule has 0 saturated heterocycles. The first-order valence-corrected chi connectivity index (χ1v) is 14.8. The molecule has 15 heteroatoms. The Morgan fingerprint density at radius 1 is 1.00 bits per heavy atom. The van der Waals surface area contributed by atoms with E-state index in [4.69, 9.17) is 20.0 Å². The second-order valence-corrected chi connectivity index (χ2v) is 12.2. The van der Waals surface area contributed by atoms with E-state index >= 15 is 0 Å². The number of aromatic hydroxyl groups is 1. The number of rotatable bonds is 11. The molecule has 0 unspecified atom stereocenters. The Morgan fingerprint density at radius 2 is 1.50 bits per heavy atom. The first-order valence-electron chi connectivity index (χ1n) is 9.20. The van der Waals surface area contributed by atoms with Crippen molar-refractivity contribution in [3.05, 3.63) is 49.9 Å². The van der Waals surface area contributed by atoms with Gasteiger partial charge in [-0.2, -0.15) is 16.8 Å². The van der Waals surface area contributed by atoms with E-state index in [9.17, 15) is 21.9 Å². The van der Waals surface area contributed by atoms with Crippen LogP contribution in [0.5, 0.6) is 5.75 Å². The molecule has 190 valence electrons. The molecule has 0 saturated carbocycles. The Kier molecular flexibility index (Phi) is 12.3. The predicted octanol–water partition coefficient (Wildman–Crippen LogP) is 4.50. The molecular weight excluding hydrogens is 663 g/mol. The standard InChI is InChI=1S/C19H21Br2ClN2O7S2.ClH/c1-32(26,27)30-7-5-24(6-8-31-33(2,28)29)15-4-3-13(18(22)11-15)12-23-14-9-16(20)19(25)17(21)10-14;/h3-4,9-12,25H,5-8H2,1-2H3;1H. The number of hydrogen-bond acceptors (Lipinski definition) is 9. The predicted molar refractivity (Wildman–Crippen MR) is 143 cm³/mol. The highest BCUT2D eigenvalue weighted by Gasteiger charge is 2.13. The van der Waals surface area contributed by atoms with Gasteiger partial charge in [-0.15, -0.1) is 12.4 Å². The van der Waals surface area contributed by atoms with E-state index in [1.165, 1.54) is 0 Å². The van der Waals surface area contributed by atoms with E-state index in [0.29, 0.717) is 30.9 Å². The first-order chi connectivity index (χ1) is 15.2. The minimum Gasteiger partial charge on any atom is -0.506 e. The highest BCUT2D eigenvalue weighted by atomic mass is 79.9. The zero-order valence-electron chi connectivity index (χ0n) is 17.9. The molecular formula is C19H22Br2Cl2N2O7S2. The lowest BCUT2D eigenvalue weighted by molar-refractivity contribution is 0.309. The van der Waals surface area contributed by atoms with Crippen LogP contribution in [-0.2, 0) is 28.6 Å². The zero-order chi connectivity index (χ0) is 24.8. The van der Waals surface area contributed by atoms with Crippen LogP contribution in [0.2, 0.25) is 5.02 Å². The molecule has 1 N–H and O–H groups in total. The lowest BCUT2D eigenvalue weighted by Crippen LogP contribution is -2.32. The second-order valence-electron chi connectivity index (χ2n) is 6.76. The van der Waals surface area contributed by atoms with Crippen LogP contribution in [0.1, 0.15) is 5.56 Å². The Morgan fingerprint density at radius 3 is 1.94 bits per heavy atom. The van der Waals surface area contributed by atoms with Crippen molar-refractivity contribution >= 4 is 93.7 Å². The summed E-state index contributed by atoms with van der Waals surface area (Å²) >= 11 is 12.9. The maximum atomic E-state index is 11.2. The Labute approximate surface area is 227 Å². The van der Waals surface area contributed by atoms with Crippen molar-refractivity contribution < 1.29 is 30.3 Å². The molecule has 0 aliphatic heterocycles. The fraction of sp³-hybridized carbons (Fsp3) is 0.316. The van der Waals surface area contributed by atoms with Gasteiger partial charge in [0.2, 0.25) is 0 Å². The molecule has 0 atom stereocenters. The van der Waals surface area contributed by atoms with Gasteiger partial charge >= 0.3 is 0 Å². The Hall–Kier alpha value is -0.930. The highest BCUT2D eigenvalue weighted by Crippen LogP contribution is 2.36. The van der Waals surface area contributed by atoms with Crippen molar-refractivity contribution in [2.24, 2.45) is 4.99 Å². The summed E-state index contributed by atoms with van der Waals surface area (Å²) in [4.78, 5) is 6.05. The zero-order valence-corrected chi connectivity index (χ0v) is 24.3. The minimum absolute atomic E-state index is 0. The van der Waals surface area contributed by atoms with Gasteiger partial charge in [-0.3, -0.25) is 13.4 Å². The van der Waals surface area contributed by atoms with Crippen molar-refractivity contribution in [1.29, 1.82) is 0 Å². The third kappa shape index (κ3) is 10.8. The molecule has 0 heterocycles. The SMILES string of the molecule is CS(=O)(=O)OCCN(CCOS(C)(=O)=O)c1ccc(C=Nc2cc(Br)c(O)c(Br)c2)c(Cl)c1.Cl. The lowest BCUT2D eigenvalue weighted by Gasteiger charge is -2.24. The molecule has 2 aromatic carbocycles. The number of nitrogens with zero attached hydrogens (tertiary/aromatic N) is 2. The van der Waals surface area contributed by atoms with Gasteiger partial charge in [0.15, 0.2) is 0 Å². The second kappa shape index (κ2) is 13.4. The maximum Gasteiger partial charge on any atom is 0.264 e. The quantitative estimate of drug-likeness (QED) is 0.271. The Balaban J connectivity index is 0.00000578. The van der Waals surface area contributed by atoms with Gasteiger partial charge in [0.05, 0.1) is 45.4 Å². The molecule has 34 heavy (non-hydrogen) atoms. The van der Waals surface area contributed by atoms with Gasteiger partial charge in [-0.25, -0.2) is 0 Å². The van der Waals surface area contributed by atoms with Gasteiger partial charge in [0.25, 0.3) is 20.2 Å². The Bertz CT molecular complexity index is 1180. The maximum absolute atomic E-state index is 11.2. The molecule has 2 rings (SSSR count). The van der Waals surface area contributed by atoms with Crippen LogP contribution in [0.3, 0.4) is 0 Å². The number of phenolic OH excluding ortho intramolecular Hbond substituents is 1. The van der Waals surface area contributed by atoms with Gasteiger partial charge in [-0.1, -0.05) is 11.6 Å². The highest BCUT2D eigenvalue weighted by molar-refractivity contribution is 9.11. The molecule has 0 aliphatic carbocycles. The number of phenols is 1. The van der Waals surface area contributed by atoms with Crippen molar-refractivity contribution in [2.45, 2.75) is 0 Å². The van der Waals surface area contributed by atoms with E-state index in [2.05, 4.69) is 36.9 Å². The van der Waals surface area contributed by atoms with E-state index < -0.39 is 20.2 Å². The third-order valence-electron chi connectivity index (χ3n) is 4.02. The minimum atomic E-state index is -3.62. The van der Waals surface area contributed by atoms with Gasteiger partial charge in [0, 0.05) is 30.6 Å². The average Bonchev–Trinajstić information content (AvgIpc) is 2.68. The molecule has 0 aliphatic rings. The van der Waals surface area contributed by atoms with Gasteiger partial charge < -0.3 is 10.0 Å². The summed E-state index contributed by atoms with van der Waals surface area (Å²) in [6.45, 7) is 0.0331. The topological polar surface area (TPSA) is 123 Å². The van der Waals surface area contributed by atoms with E-state index in [0.717, 1.165) is 12.5 Å². The van der Waals surface area contributed by atoms with Crippen molar-refractivity contribution in [3.63, 3.8) is 0 Å². The molecule has 9 nitrogen and oxygen atoms in total. The van der Waals surface area contributed by atoms with E-state index in [1.54, 1.807) is 41.4 Å². The lowest BCUT2D eigenvalue weighted by atomic mass is 10.2. The van der Waals surface area contributed by atoms with Crippen LogP contribution in [0, 0.1) is 0 Å². The fourth-order valence-electron chi connectivity index (χ4n) is 2.56.